The predicted molar refractivity (Wildman–Crippen MR) is 52.7 cm³/mol. The summed E-state index contributed by atoms with van der Waals surface area (Å²) in [6, 6.07) is 0. The van der Waals surface area contributed by atoms with E-state index >= 15 is 0 Å². The zero-order chi connectivity index (χ0) is 11.3. The van der Waals surface area contributed by atoms with Crippen LogP contribution in [-0.2, 0) is 18.3 Å². The summed E-state index contributed by atoms with van der Waals surface area (Å²) in [5.74, 6) is 0. The molecule has 1 rings (SSSR count). The van der Waals surface area contributed by atoms with Gasteiger partial charge in [-0.1, -0.05) is 0 Å². The summed E-state index contributed by atoms with van der Waals surface area (Å²) >= 11 is 0. The molecule has 0 aromatic carbocycles. The van der Waals surface area contributed by atoms with Gasteiger partial charge < -0.3 is 23.4 Å². The van der Waals surface area contributed by atoms with Gasteiger partial charge in [-0.2, -0.15) is 0 Å². The standard InChI is InChI=1S/C8H16O6Si/c1-15(2,12-4-3-9)13-6-7-5-11-8(10)14-7/h7,9H,3-6H2,1-2H3. The minimum atomic E-state index is -2.22. The quantitative estimate of drug-likeness (QED) is 0.526. The van der Waals surface area contributed by atoms with Gasteiger partial charge in [0.1, 0.15) is 6.61 Å². The van der Waals surface area contributed by atoms with Crippen LogP contribution >= 0.6 is 0 Å². The molecule has 1 aliphatic rings. The number of carbonyl (C=O) groups is 1. The highest BCUT2D eigenvalue weighted by Crippen LogP contribution is 2.11. The van der Waals surface area contributed by atoms with E-state index in [2.05, 4.69) is 4.74 Å². The number of hydrogen-bond acceptors (Lipinski definition) is 6. The molecule has 6 nitrogen and oxygen atoms in total. The summed E-state index contributed by atoms with van der Waals surface area (Å²) in [5.41, 5.74) is 0. The largest absolute Gasteiger partial charge is 0.508 e. The minimum absolute atomic E-state index is 0.0265. The molecule has 1 aliphatic heterocycles. The van der Waals surface area contributed by atoms with Crippen molar-refractivity contribution in [2.24, 2.45) is 0 Å². The van der Waals surface area contributed by atoms with E-state index in [0.29, 0.717) is 0 Å². The fourth-order valence-electron chi connectivity index (χ4n) is 1.07. The molecule has 1 fully saturated rings. The Morgan fingerprint density at radius 1 is 1.53 bits per heavy atom. The van der Waals surface area contributed by atoms with Crippen LogP contribution in [-0.4, -0.2) is 52.4 Å². The van der Waals surface area contributed by atoms with Gasteiger partial charge in [0.05, 0.1) is 19.8 Å². The maximum absolute atomic E-state index is 10.6. The average Bonchev–Trinajstić information content (AvgIpc) is 2.59. The first-order valence-corrected chi connectivity index (χ1v) is 7.57. The zero-order valence-corrected chi connectivity index (χ0v) is 9.89. The molecule has 0 bridgehead atoms. The first-order valence-electron chi connectivity index (χ1n) is 4.76. The molecule has 0 amide bonds. The van der Waals surface area contributed by atoms with Gasteiger partial charge in [0.15, 0.2) is 6.10 Å². The van der Waals surface area contributed by atoms with Crippen molar-refractivity contribution in [2.75, 3.05) is 26.4 Å². The Bertz CT molecular complexity index is 219. The molecule has 1 unspecified atom stereocenters. The van der Waals surface area contributed by atoms with Crippen LogP contribution in [0.15, 0.2) is 0 Å². The molecule has 0 aromatic rings. The molecule has 88 valence electrons. The summed E-state index contributed by atoms with van der Waals surface area (Å²) in [5, 5.41) is 8.60. The molecule has 0 saturated carbocycles. The van der Waals surface area contributed by atoms with E-state index in [1.807, 2.05) is 13.1 Å². The van der Waals surface area contributed by atoms with Crippen molar-refractivity contribution in [3.8, 4) is 0 Å². The molecule has 0 radical (unpaired) electrons. The highest BCUT2D eigenvalue weighted by Gasteiger charge is 2.30. The van der Waals surface area contributed by atoms with Crippen molar-refractivity contribution in [3.05, 3.63) is 0 Å². The molecule has 1 heterocycles. The van der Waals surface area contributed by atoms with Gasteiger partial charge in [-0.25, -0.2) is 4.79 Å². The molecular formula is C8H16O6Si. The lowest BCUT2D eigenvalue weighted by molar-refractivity contribution is 0.0768. The van der Waals surface area contributed by atoms with E-state index in [0.717, 1.165) is 0 Å². The summed E-state index contributed by atoms with van der Waals surface area (Å²) in [4.78, 5) is 10.6. The Morgan fingerprint density at radius 2 is 2.27 bits per heavy atom. The Labute approximate surface area is 89.3 Å². The fourth-order valence-corrected chi connectivity index (χ4v) is 2.33. The van der Waals surface area contributed by atoms with Gasteiger partial charge >= 0.3 is 14.7 Å². The Morgan fingerprint density at radius 3 is 2.80 bits per heavy atom. The lowest BCUT2D eigenvalue weighted by Gasteiger charge is -2.23. The average molecular weight is 236 g/mol. The number of ether oxygens (including phenoxy) is 2. The van der Waals surface area contributed by atoms with Crippen LogP contribution in [0.1, 0.15) is 0 Å². The normalized spacial score (nSPS) is 21.3. The molecule has 1 atom stereocenters. The van der Waals surface area contributed by atoms with Crippen LogP contribution < -0.4 is 0 Å². The number of aliphatic hydroxyl groups excluding tert-OH is 1. The van der Waals surface area contributed by atoms with E-state index in [1.54, 1.807) is 0 Å². The van der Waals surface area contributed by atoms with E-state index in [9.17, 15) is 4.79 Å². The maximum Gasteiger partial charge on any atom is 0.508 e. The van der Waals surface area contributed by atoms with Gasteiger partial charge in [0, 0.05) is 0 Å². The van der Waals surface area contributed by atoms with Crippen molar-refractivity contribution < 1.29 is 28.2 Å². The SMILES string of the molecule is C[Si](C)(OCCO)OCC1COC(=O)O1. The van der Waals surface area contributed by atoms with Gasteiger partial charge in [0.25, 0.3) is 0 Å². The van der Waals surface area contributed by atoms with Gasteiger partial charge in [-0.3, -0.25) is 0 Å². The molecular weight excluding hydrogens is 220 g/mol. The van der Waals surface area contributed by atoms with Crippen molar-refractivity contribution in [2.45, 2.75) is 19.2 Å². The summed E-state index contributed by atoms with van der Waals surface area (Å²) < 4.78 is 20.3. The molecule has 0 aliphatic carbocycles. The predicted octanol–water partition coefficient (Wildman–Crippen LogP) is 0.249. The van der Waals surface area contributed by atoms with Crippen LogP contribution in [0.2, 0.25) is 13.1 Å². The monoisotopic (exact) mass is 236 g/mol. The second-order valence-corrected chi connectivity index (χ2v) is 6.96. The molecule has 1 N–H and O–H groups in total. The number of hydrogen-bond donors (Lipinski definition) is 1. The molecule has 15 heavy (non-hydrogen) atoms. The molecule has 7 heteroatoms. The third kappa shape index (κ3) is 4.60. The Kier molecular flexibility index (Phi) is 4.52. The zero-order valence-electron chi connectivity index (χ0n) is 8.89. The lowest BCUT2D eigenvalue weighted by atomic mass is 10.4. The first-order chi connectivity index (χ1) is 7.03. The number of cyclic esters (lactones) is 2. The summed E-state index contributed by atoms with van der Waals surface area (Å²) in [7, 11) is -2.22. The van der Waals surface area contributed by atoms with E-state index in [-0.39, 0.29) is 32.5 Å². The third-order valence-corrected chi connectivity index (χ3v) is 3.57. The third-order valence-electron chi connectivity index (χ3n) is 1.81. The van der Waals surface area contributed by atoms with Crippen LogP contribution in [0.4, 0.5) is 4.79 Å². The Balaban J connectivity index is 2.20. The van der Waals surface area contributed by atoms with Crippen LogP contribution in [0, 0.1) is 0 Å². The van der Waals surface area contributed by atoms with Crippen LogP contribution in [0.3, 0.4) is 0 Å². The number of carbonyl (C=O) groups excluding carboxylic acids is 1. The molecule has 1 saturated heterocycles. The van der Waals surface area contributed by atoms with E-state index < -0.39 is 14.7 Å². The fraction of sp³-hybridized carbons (Fsp3) is 0.875. The van der Waals surface area contributed by atoms with Crippen molar-refractivity contribution in [3.63, 3.8) is 0 Å². The van der Waals surface area contributed by atoms with Crippen molar-refractivity contribution in [1.29, 1.82) is 0 Å². The first kappa shape index (κ1) is 12.4. The minimum Gasteiger partial charge on any atom is -0.430 e. The number of rotatable bonds is 6. The van der Waals surface area contributed by atoms with Gasteiger partial charge in [-0.15, -0.1) is 0 Å². The van der Waals surface area contributed by atoms with Crippen LogP contribution in [0.5, 0.6) is 0 Å². The summed E-state index contributed by atoms with van der Waals surface area (Å²) in [6.45, 7) is 4.46. The van der Waals surface area contributed by atoms with Crippen LogP contribution in [0.25, 0.3) is 0 Å². The van der Waals surface area contributed by atoms with E-state index in [4.69, 9.17) is 18.7 Å². The highest BCUT2D eigenvalue weighted by atomic mass is 28.4. The van der Waals surface area contributed by atoms with Gasteiger partial charge in [0.2, 0.25) is 0 Å². The molecule has 0 spiro atoms. The maximum atomic E-state index is 10.6. The second-order valence-electron chi connectivity index (χ2n) is 3.58. The highest BCUT2D eigenvalue weighted by molar-refractivity contribution is 6.64. The van der Waals surface area contributed by atoms with Crippen molar-refractivity contribution >= 4 is 14.7 Å². The van der Waals surface area contributed by atoms with E-state index in [1.165, 1.54) is 0 Å². The van der Waals surface area contributed by atoms with Crippen molar-refractivity contribution in [1.82, 2.24) is 0 Å². The molecule has 0 aromatic heterocycles. The topological polar surface area (TPSA) is 74.2 Å². The lowest BCUT2D eigenvalue weighted by Crippen LogP contribution is -2.38. The summed E-state index contributed by atoms with van der Waals surface area (Å²) in [6.07, 6.45) is -0.999. The number of aliphatic hydroxyl groups is 1. The smallest absolute Gasteiger partial charge is 0.430 e. The second kappa shape index (κ2) is 5.45. The van der Waals surface area contributed by atoms with Gasteiger partial charge in [-0.05, 0) is 13.1 Å². The Hall–Kier alpha value is -0.633.